The molecule has 8 heavy (non-hydrogen) atoms. The van der Waals surface area contributed by atoms with Crippen LogP contribution >= 0.6 is 0 Å². The molecule has 0 radical (unpaired) electrons. The normalized spacial score (nSPS) is 25.8. The monoisotopic (exact) mass is 107 g/mol. The molecule has 1 nitrogen and oxygen atoms in total. The standard InChI is InChI=1S/C7H9N/c1-2-7-5-3-4-6-8-7/h2-4,6-7H,1,5H2. The van der Waals surface area contributed by atoms with Crippen molar-refractivity contribution in [2.24, 2.45) is 4.99 Å². The molecule has 0 aromatic rings. The molecule has 0 N–H and O–H groups in total. The highest BCUT2D eigenvalue weighted by Gasteiger charge is 1.97. The average Bonchev–Trinajstić information content (AvgIpc) is 1.90. The van der Waals surface area contributed by atoms with E-state index in [1.54, 1.807) is 0 Å². The molecule has 0 saturated heterocycles. The lowest BCUT2D eigenvalue weighted by Crippen LogP contribution is -2.00. The fraction of sp³-hybridized carbons (Fsp3) is 0.286. The Bertz CT molecular complexity index is 133. The highest BCUT2D eigenvalue weighted by Crippen LogP contribution is 2.02. The summed E-state index contributed by atoms with van der Waals surface area (Å²) in [6, 6.07) is 0.333. The molecule has 0 fully saturated rings. The molecule has 1 unspecified atom stereocenters. The van der Waals surface area contributed by atoms with Crippen molar-refractivity contribution in [3.63, 3.8) is 0 Å². The zero-order valence-corrected chi connectivity index (χ0v) is 4.75. The number of dihydropyridines is 1. The summed E-state index contributed by atoms with van der Waals surface area (Å²) >= 11 is 0. The van der Waals surface area contributed by atoms with E-state index in [0.717, 1.165) is 6.42 Å². The smallest absolute Gasteiger partial charge is 0.0711 e. The molecule has 0 spiro atoms. The third-order valence-electron chi connectivity index (χ3n) is 1.15. The summed E-state index contributed by atoms with van der Waals surface area (Å²) in [5, 5.41) is 0. The summed E-state index contributed by atoms with van der Waals surface area (Å²) < 4.78 is 0. The Hall–Kier alpha value is -0.850. The van der Waals surface area contributed by atoms with Crippen LogP contribution < -0.4 is 0 Å². The zero-order valence-electron chi connectivity index (χ0n) is 4.75. The Balaban J connectivity index is 2.51. The van der Waals surface area contributed by atoms with Crippen molar-refractivity contribution >= 4 is 6.21 Å². The fourth-order valence-electron chi connectivity index (χ4n) is 0.657. The van der Waals surface area contributed by atoms with Gasteiger partial charge < -0.3 is 0 Å². The van der Waals surface area contributed by atoms with Crippen molar-refractivity contribution in [2.45, 2.75) is 12.5 Å². The molecule has 0 amide bonds. The molecular weight excluding hydrogens is 98.1 g/mol. The summed E-state index contributed by atoms with van der Waals surface area (Å²) in [4.78, 5) is 4.12. The van der Waals surface area contributed by atoms with Crippen LogP contribution in [0.2, 0.25) is 0 Å². The highest BCUT2D eigenvalue weighted by atomic mass is 14.8. The van der Waals surface area contributed by atoms with Gasteiger partial charge in [-0.05, 0) is 12.5 Å². The van der Waals surface area contributed by atoms with Crippen LogP contribution in [0.1, 0.15) is 6.42 Å². The quantitative estimate of drug-likeness (QED) is 0.451. The maximum Gasteiger partial charge on any atom is 0.0711 e. The van der Waals surface area contributed by atoms with Gasteiger partial charge in [0.15, 0.2) is 0 Å². The highest BCUT2D eigenvalue weighted by molar-refractivity contribution is 5.72. The first-order valence-corrected chi connectivity index (χ1v) is 2.74. The van der Waals surface area contributed by atoms with E-state index in [1.807, 2.05) is 18.4 Å². The number of allylic oxidation sites excluding steroid dienone is 1. The second-order valence-corrected chi connectivity index (χ2v) is 1.77. The van der Waals surface area contributed by atoms with Gasteiger partial charge in [-0.1, -0.05) is 12.2 Å². The Morgan fingerprint density at radius 2 is 2.62 bits per heavy atom. The maximum absolute atomic E-state index is 4.12. The minimum atomic E-state index is 0.333. The summed E-state index contributed by atoms with van der Waals surface area (Å²) in [5.41, 5.74) is 0. The lowest BCUT2D eigenvalue weighted by molar-refractivity contribution is 0.835. The molecule has 0 aliphatic carbocycles. The molecule has 0 aromatic carbocycles. The minimum Gasteiger partial charge on any atom is -0.285 e. The van der Waals surface area contributed by atoms with Gasteiger partial charge in [0.05, 0.1) is 6.04 Å². The number of aliphatic imine (C=N–C) groups is 1. The molecule has 1 rings (SSSR count). The molecule has 1 atom stereocenters. The second-order valence-electron chi connectivity index (χ2n) is 1.77. The van der Waals surface area contributed by atoms with Crippen molar-refractivity contribution in [1.29, 1.82) is 0 Å². The van der Waals surface area contributed by atoms with Crippen LogP contribution in [0.4, 0.5) is 0 Å². The van der Waals surface area contributed by atoms with Crippen molar-refractivity contribution in [3.05, 3.63) is 24.8 Å². The van der Waals surface area contributed by atoms with Gasteiger partial charge in [0.2, 0.25) is 0 Å². The molecule has 0 bridgehead atoms. The van der Waals surface area contributed by atoms with Gasteiger partial charge in [-0.15, -0.1) is 6.58 Å². The van der Waals surface area contributed by atoms with Crippen LogP contribution in [0.25, 0.3) is 0 Å². The van der Waals surface area contributed by atoms with Gasteiger partial charge >= 0.3 is 0 Å². The van der Waals surface area contributed by atoms with E-state index in [0.29, 0.717) is 6.04 Å². The van der Waals surface area contributed by atoms with Crippen LogP contribution in [-0.2, 0) is 0 Å². The van der Waals surface area contributed by atoms with Crippen LogP contribution in [0.15, 0.2) is 29.8 Å². The molecule has 0 saturated carbocycles. The van der Waals surface area contributed by atoms with Gasteiger partial charge in [-0.2, -0.15) is 0 Å². The molecule has 1 heteroatoms. The number of rotatable bonds is 1. The SMILES string of the molecule is C=CC1CC=CC=N1. The summed E-state index contributed by atoms with van der Waals surface area (Å²) in [6.45, 7) is 3.64. The van der Waals surface area contributed by atoms with E-state index < -0.39 is 0 Å². The van der Waals surface area contributed by atoms with E-state index in [1.165, 1.54) is 0 Å². The third-order valence-corrected chi connectivity index (χ3v) is 1.15. The van der Waals surface area contributed by atoms with Crippen LogP contribution in [-0.4, -0.2) is 12.3 Å². The predicted octanol–water partition coefficient (Wildman–Crippen LogP) is 1.57. The Morgan fingerprint density at radius 1 is 1.75 bits per heavy atom. The topological polar surface area (TPSA) is 12.4 Å². The number of hydrogen-bond donors (Lipinski definition) is 0. The average molecular weight is 107 g/mol. The number of hydrogen-bond acceptors (Lipinski definition) is 1. The number of nitrogens with zero attached hydrogens (tertiary/aromatic N) is 1. The van der Waals surface area contributed by atoms with Crippen molar-refractivity contribution in [3.8, 4) is 0 Å². The second kappa shape index (κ2) is 2.46. The first-order chi connectivity index (χ1) is 3.93. The predicted molar refractivity (Wildman–Crippen MR) is 36.2 cm³/mol. The van der Waals surface area contributed by atoms with E-state index >= 15 is 0 Å². The van der Waals surface area contributed by atoms with Gasteiger partial charge in [0, 0.05) is 6.21 Å². The molecule has 42 valence electrons. The molecule has 1 aliphatic rings. The Labute approximate surface area is 49.4 Å². The van der Waals surface area contributed by atoms with Crippen LogP contribution in [0.3, 0.4) is 0 Å². The van der Waals surface area contributed by atoms with E-state index in [-0.39, 0.29) is 0 Å². The van der Waals surface area contributed by atoms with Gasteiger partial charge in [-0.25, -0.2) is 0 Å². The van der Waals surface area contributed by atoms with E-state index in [9.17, 15) is 0 Å². The van der Waals surface area contributed by atoms with Crippen molar-refractivity contribution in [1.82, 2.24) is 0 Å². The summed E-state index contributed by atoms with van der Waals surface area (Å²) in [7, 11) is 0. The fourth-order valence-corrected chi connectivity index (χ4v) is 0.657. The largest absolute Gasteiger partial charge is 0.285 e. The summed E-state index contributed by atoms with van der Waals surface area (Å²) in [5.74, 6) is 0. The van der Waals surface area contributed by atoms with Crippen molar-refractivity contribution in [2.75, 3.05) is 0 Å². The molecule has 1 aliphatic heterocycles. The minimum absolute atomic E-state index is 0.333. The first kappa shape index (κ1) is 5.29. The lowest BCUT2D eigenvalue weighted by atomic mass is 10.2. The lowest BCUT2D eigenvalue weighted by Gasteiger charge is -2.04. The maximum atomic E-state index is 4.12. The zero-order chi connectivity index (χ0) is 5.82. The first-order valence-electron chi connectivity index (χ1n) is 2.74. The van der Waals surface area contributed by atoms with Crippen LogP contribution in [0, 0.1) is 0 Å². The Morgan fingerprint density at radius 3 is 3.00 bits per heavy atom. The Kier molecular flexibility index (Phi) is 1.62. The van der Waals surface area contributed by atoms with Crippen molar-refractivity contribution < 1.29 is 0 Å². The summed E-state index contributed by atoms with van der Waals surface area (Å²) in [6.07, 6.45) is 8.75. The van der Waals surface area contributed by atoms with Crippen LogP contribution in [0.5, 0.6) is 0 Å². The third kappa shape index (κ3) is 1.06. The van der Waals surface area contributed by atoms with Gasteiger partial charge in [-0.3, -0.25) is 4.99 Å². The van der Waals surface area contributed by atoms with E-state index in [2.05, 4.69) is 17.6 Å². The molecule has 0 aromatic heterocycles. The van der Waals surface area contributed by atoms with E-state index in [4.69, 9.17) is 0 Å². The molecular formula is C7H9N. The van der Waals surface area contributed by atoms with Gasteiger partial charge in [0.1, 0.15) is 0 Å². The molecule has 1 heterocycles. The van der Waals surface area contributed by atoms with Gasteiger partial charge in [0.25, 0.3) is 0 Å².